The van der Waals surface area contributed by atoms with Crippen LogP contribution >= 0.6 is 11.3 Å². The molecular formula is C11H13FN4O3S2. The second-order valence-electron chi connectivity index (χ2n) is 4.27. The molecule has 0 saturated heterocycles. The highest BCUT2D eigenvalue weighted by Gasteiger charge is 2.26. The molecule has 2 aromatic rings. The number of halogens is 1. The van der Waals surface area contributed by atoms with Crippen molar-refractivity contribution in [2.45, 2.75) is 18.1 Å². The molecule has 0 aliphatic heterocycles. The Labute approximate surface area is 124 Å². The topological polar surface area (TPSA) is 86.3 Å². The molecule has 2 aromatic heterocycles. The van der Waals surface area contributed by atoms with Crippen LogP contribution in [0.4, 0.5) is 4.39 Å². The van der Waals surface area contributed by atoms with Crippen molar-refractivity contribution >= 4 is 21.4 Å². The summed E-state index contributed by atoms with van der Waals surface area (Å²) in [6, 6.07) is 0. The van der Waals surface area contributed by atoms with E-state index in [1.165, 1.54) is 21.0 Å². The lowest BCUT2D eigenvalue weighted by atomic mass is 10.6. The standard InChI is InChI=1S/C11H13FN4O3S2/c1-6-10(20-7(2)14-6)21(18,19)16-5-8(12)9(13-3)15(4)11(16)17/h5H,1-4H3. The monoisotopic (exact) mass is 332 g/mol. The van der Waals surface area contributed by atoms with Crippen LogP contribution in [0, 0.1) is 19.7 Å². The summed E-state index contributed by atoms with van der Waals surface area (Å²) in [5.74, 6) is -0.901. The van der Waals surface area contributed by atoms with Crippen molar-refractivity contribution in [3.63, 3.8) is 0 Å². The van der Waals surface area contributed by atoms with Crippen LogP contribution in [0.3, 0.4) is 0 Å². The maximum atomic E-state index is 13.9. The highest BCUT2D eigenvalue weighted by molar-refractivity contribution is 7.92. The number of thiazole rings is 1. The van der Waals surface area contributed by atoms with Gasteiger partial charge in [0.1, 0.15) is 0 Å². The Kier molecular flexibility index (Phi) is 3.85. The Morgan fingerprint density at radius 1 is 1.38 bits per heavy atom. The summed E-state index contributed by atoms with van der Waals surface area (Å²) < 4.78 is 40.1. The van der Waals surface area contributed by atoms with Gasteiger partial charge in [0, 0.05) is 14.1 Å². The third-order valence-electron chi connectivity index (χ3n) is 2.80. The molecule has 0 aliphatic rings. The minimum Gasteiger partial charge on any atom is -0.278 e. The molecular weight excluding hydrogens is 319 g/mol. The number of hydrogen-bond donors (Lipinski definition) is 0. The van der Waals surface area contributed by atoms with Crippen molar-refractivity contribution in [2.75, 3.05) is 7.05 Å². The summed E-state index contributed by atoms with van der Waals surface area (Å²) in [6.07, 6.45) is 0.633. The number of nitrogens with zero attached hydrogens (tertiary/aromatic N) is 4. The first-order valence-corrected chi connectivity index (χ1v) is 8.06. The Bertz CT molecular complexity index is 937. The maximum absolute atomic E-state index is 13.9. The third kappa shape index (κ3) is 2.44. The summed E-state index contributed by atoms with van der Waals surface area (Å²) >= 11 is 0.933. The fourth-order valence-corrected chi connectivity index (χ4v) is 4.71. The lowest BCUT2D eigenvalue weighted by Gasteiger charge is -2.09. The van der Waals surface area contributed by atoms with Crippen molar-refractivity contribution < 1.29 is 12.8 Å². The number of hydrogen-bond acceptors (Lipinski definition) is 6. The van der Waals surface area contributed by atoms with Gasteiger partial charge < -0.3 is 0 Å². The summed E-state index contributed by atoms with van der Waals surface area (Å²) in [6.45, 7) is 3.17. The van der Waals surface area contributed by atoms with Crippen LogP contribution in [0.25, 0.3) is 0 Å². The van der Waals surface area contributed by atoms with Gasteiger partial charge in [-0.25, -0.2) is 14.2 Å². The van der Waals surface area contributed by atoms with Gasteiger partial charge in [-0.1, -0.05) is 0 Å². The largest absolute Gasteiger partial charge is 0.343 e. The van der Waals surface area contributed by atoms with Crippen LogP contribution in [0.5, 0.6) is 0 Å². The Morgan fingerprint density at radius 3 is 2.48 bits per heavy atom. The quantitative estimate of drug-likeness (QED) is 0.784. The normalized spacial score (nSPS) is 12.9. The van der Waals surface area contributed by atoms with Crippen molar-refractivity contribution in [3.8, 4) is 0 Å². The summed E-state index contributed by atoms with van der Waals surface area (Å²) in [5.41, 5.74) is -0.845. The molecule has 0 bridgehead atoms. The van der Waals surface area contributed by atoms with Crippen molar-refractivity contribution in [3.05, 3.63) is 38.7 Å². The lowest BCUT2D eigenvalue weighted by molar-refractivity contribution is 0.538. The molecule has 0 aliphatic carbocycles. The van der Waals surface area contributed by atoms with Gasteiger partial charge in [-0.2, -0.15) is 12.4 Å². The zero-order chi connectivity index (χ0) is 15.9. The Hall–Kier alpha value is -1.81. The molecule has 0 fully saturated rings. The van der Waals surface area contributed by atoms with Crippen molar-refractivity contribution in [2.24, 2.45) is 12.0 Å². The highest BCUT2D eigenvalue weighted by atomic mass is 32.2. The second-order valence-corrected chi connectivity index (χ2v) is 7.49. The van der Waals surface area contributed by atoms with Crippen molar-refractivity contribution in [1.82, 2.24) is 13.5 Å². The zero-order valence-corrected chi connectivity index (χ0v) is 13.4. The molecule has 0 radical (unpaired) electrons. The average molecular weight is 332 g/mol. The molecule has 0 N–H and O–H groups in total. The van der Waals surface area contributed by atoms with E-state index in [1.54, 1.807) is 6.92 Å². The zero-order valence-electron chi connectivity index (χ0n) is 11.8. The van der Waals surface area contributed by atoms with E-state index in [-0.39, 0.29) is 15.4 Å². The Balaban J connectivity index is 2.85. The smallest absolute Gasteiger partial charge is 0.278 e. The number of aromatic nitrogens is 3. The first kappa shape index (κ1) is 15.6. The second kappa shape index (κ2) is 5.19. The summed E-state index contributed by atoms with van der Waals surface area (Å²) in [4.78, 5) is 19.8. The predicted molar refractivity (Wildman–Crippen MR) is 75.3 cm³/mol. The van der Waals surface area contributed by atoms with E-state index in [0.717, 1.165) is 15.9 Å². The SMILES string of the molecule is CN=c1c(F)cn(S(=O)(=O)c2sc(C)nc2C)c(=O)n1C. The minimum absolute atomic E-state index is 0.0808. The van der Waals surface area contributed by atoms with Crippen LogP contribution in [0.2, 0.25) is 0 Å². The van der Waals surface area contributed by atoms with E-state index in [4.69, 9.17) is 0 Å². The van der Waals surface area contributed by atoms with E-state index in [2.05, 4.69) is 9.98 Å². The van der Waals surface area contributed by atoms with Crippen LogP contribution in [0.1, 0.15) is 10.7 Å². The van der Waals surface area contributed by atoms with Gasteiger partial charge in [-0.3, -0.25) is 9.56 Å². The first-order valence-electron chi connectivity index (χ1n) is 5.80. The van der Waals surface area contributed by atoms with E-state index in [0.29, 0.717) is 15.2 Å². The summed E-state index contributed by atoms with van der Waals surface area (Å²) in [5, 5.41) is 0.546. The lowest BCUT2D eigenvalue weighted by Crippen LogP contribution is -2.42. The molecule has 0 unspecified atom stereocenters. The van der Waals surface area contributed by atoms with Gasteiger partial charge >= 0.3 is 5.69 Å². The van der Waals surface area contributed by atoms with Crippen LogP contribution in [-0.2, 0) is 17.1 Å². The molecule has 2 heterocycles. The van der Waals surface area contributed by atoms with Crippen LogP contribution in [0.15, 0.2) is 20.2 Å². The fraction of sp³-hybridized carbons (Fsp3) is 0.364. The maximum Gasteiger partial charge on any atom is 0.343 e. The molecule has 0 amide bonds. The van der Waals surface area contributed by atoms with E-state index in [9.17, 15) is 17.6 Å². The van der Waals surface area contributed by atoms with Gasteiger partial charge in [-0.15, -0.1) is 11.3 Å². The minimum atomic E-state index is -4.19. The van der Waals surface area contributed by atoms with Gasteiger partial charge in [0.25, 0.3) is 10.0 Å². The molecule has 0 atom stereocenters. The van der Waals surface area contributed by atoms with E-state index >= 15 is 0 Å². The van der Waals surface area contributed by atoms with Crippen LogP contribution < -0.4 is 11.2 Å². The fourth-order valence-electron chi connectivity index (χ4n) is 1.88. The molecule has 2 rings (SSSR count). The highest BCUT2D eigenvalue weighted by Crippen LogP contribution is 2.24. The van der Waals surface area contributed by atoms with E-state index in [1.807, 2.05) is 0 Å². The first-order chi connectivity index (χ1) is 9.70. The molecule has 0 spiro atoms. The Morgan fingerprint density at radius 2 is 2.00 bits per heavy atom. The van der Waals surface area contributed by atoms with Gasteiger partial charge in [-0.05, 0) is 13.8 Å². The van der Waals surface area contributed by atoms with Gasteiger partial charge in [0.2, 0.25) is 0 Å². The van der Waals surface area contributed by atoms with Crippen molar-refractivity contribution in [1.29, 1.82) is 0 Å². The molecule has 0 aromatic carbocycles. The van der Waals surface area contributed by atoms with Gasteiger partial charge in [0.15, 0.2) is 15.5 Å². The molecule has 21 heavy (non-hydrogen) atoms. The molecule has 10 heteroatoms. The number of rotatable bonds is 2. The number of aryl methyl sites for hydroxylation is 2. The van der Waals surface area contributed by atoms with Crippen LogP contribution in [-0.4, -0.2) is 29.0 Å². The summed E-state index contributed by atoms with van der Waals surface area (Å²) in [7, 11) is -1.62. The molecule has 114 valence electrons. The van der Waals surface area contributed by atoms with Gasteiger partial charge in [0.05, 0.1) is 16.9 Å². The average Bonchev–Trinajstić information content (AvgIpc) is 2.74. The molecule has 0 saturated carbocycles. The van der Waals surface area contributed by atoms with E-state index < -0.39 is 21.5 Å². The molecule has 7 nitrogen and oxygen atoms in total. The predicted octanol–water partition coefficient (Wildman–Crippen LogP) is 0.167. The third-order valence-corrected chi connectivity index (χ3v) is 6.10.